The average molecular weight is 305 g/mol. The normalized spacial score (nSPS) is 12.2. The van der Waals surface area contributed by atoms with Gasteiger partial charge >= 0.3 is 5.97 Å². The minimum absolute atomic E-state index is 0.0532. The highest BCUT2D eigenvalue weighted by Crippen LogP contribution is 2.25. The molecule has 5 heteroatoms. The molecule has 1 atom stereocenters. The molecule has 0 radical (unpaired) electrons. The van der Waals surface area contributed by atoms with Crippen LogP contribution in [0.1, 0.15) is 24.0 Å². The summed E-state index contributed by atoms with van der Waals surface area (Å²) in [6, 6.07) is 11.1. The molecule has 1 unspecified atom stereocenters. The number of halogens is 2. The van der Waals surface area contributed by atoms with Gasteiger partial charge in [-0.2, -0.15) is 0 Å². The highest BCUT2D eigenvalue weighted by molar-refractivity contribution is 5.74. The number of hydrogen-bond acceptors (Lipinski definition) is 3. The van der Waals surface area contributed by atoms with Crippen LogP contribution < -0.4 is 5.73 Å². The molecule has 116 valence electrons. The van der Waals surface area contributed by atoms with E-state index in [9.17, 15) is 13.6 Å². The Morgan fingerprint density at radius 2 is 1.41 bits per heavy atom. The van der Waals surface area contributed by atoms with Gasteiger partial charge in [0.1, 0.15) is 24.3 Å². The minimum Gasteiger partial charge on any atom is -0.464 e. The molecule has 0 saturated heterocycles. The fourth-order valence-electron chi connectivity index (χ4n) is 2.07. The maximum absolute atomic E-state index is 13.1. The largest absolute Gasteiger partial charge is 0.464 e. The minimum atomic E-state index is -0.720. The molecule has 2 aromatic carbocycles. The highest BCUT2D eigenvalue weighted by Gasteiger charge is 2.18. The molecule has 0 heterocycles. The first-order chi connectivity index (χ1) is 10.5. The van der Waals surface area contributed by atoms with Crippen molar-refractivity contribution in [1.29, 1.82) is 0 Å². The van der Waals surface area contributed by atoms with E-state index in [0.29, 0.717) is 0 Å². The Labute approximate surface area is 127 Å². The maximum atomic E-state index is 13.1. The van der Waals surface area contributed by atoms with Crippen molar-refractivity contribution in [2.45, 2.75) is 18.9 Å². The molecule has 2 N–H and O–H groups in total. The lowest BCUT2D eigenvalue weighted by atomic mass is 9.92. The number of carbonyl (C=O) groups is 1. The first kappa shape index (κ1) is 16.1. The van der Waals surface area contributed by atoms with Crippen LogP contribution in [0.25, 0.3) is 0 Å². The van der Waals surface area contributed by atoms with Gasteiger partial charge in [-0.3, -0.25) is 4.79 Å². The maximum Gasteiger partial charge on any atom is 0.322 e. The second-order valence-corrected chi connectivity index (χ2v) is 5.07. The van der Waals surface area contributed by atoms with Crippen LogP contribution in [0.15, 0.2) is 48.5 Å². The monoisotopic (exact) mass is 305 g/mol. The Hall–Kier alpha value is -2.27. The van der Waals surface area contributed by atoms with Crippen LogP contribution in [-0.4, -0.2) is 18.6 Å². The number of hydrogen-bond donors (Lipinski definition) is 1. The summed E-state index contributed by atoms with van der Waals surface area (Å²) in [6.45, 7) is 1.59. The average Bonchev–Trinajstić information content (AvgIpc) is 2.50. The third kappa shape index (κ3) is 4.11. The quantitative estimate of drug-likeness (QED) is 0.864. The van der Waals surface area contributed by atoms with E-state index in [1.54, 1.807) is 24.3 Å². The standard InChI is InChI=1S/C17H17F2NO2/c1-11(20)17(21)22-10-16(12-2-6-14(18)7-3-12)13-4-8-15(19)9-5-13/h2-9,11,16H,10,20H2,1H3. The number of benzene rings is 2. The van der Waals surface area contributed by atoms with E-state index in [4.69, 9.17) is 10.5 Å². The van der Waals surface area contributed by atoms with E-state index >= 15 is 0 Å². The number of ether oxygens (including phenoxy) is 1. The van der Waals surface area contributed by atoms with Gasteiger partial charge in [0.15, 0.2) is 0 Å². The van der Waals surface area contributed by atoms with Crippen molar-refractivity contribution in [3.8, 4) is 0 Å². The van der Waals surface area contributed by atoms with Crippen molar-refractivity contribution < 1.29 is 18.3 Å². The van der Waals surface area contributed by atoms with E-state index in [2.05, 4.69) is 0 Å². The molecule has 2 rings (SSSR count). The van der Waals surface area contributed by atoms with Crippen molar-refractivity contribution >= 4 is 5.97 Å². The summed E-state index contributed by atoms with van der Waals surface area (Å²) >= 11 is 0. The zero-order chi connectivity index (χ0) is 16.1. The first-order valence-electron chi connectivity index (χ1n) is 6.90. The molecule has 0 aliphatic heterocycles. The number of esters is 1. The Morgan fingerprint density at radius 1 is 1.00 bits per heavy atom. The van der Waals surface area contributed by atoms with Crippen LogP contribution >= 0.6 is 0 Å². The lowest BCUT2D eigenvalue weighted by Crippen LogP contribution is -2.30. The van der Waals surface area contributed by atoms with Gasteiger partial charge in [0, 0.05) is 5.92 Å². The second-order valence-electron chi connectivity index (χ2n) is 5.07. The molecule has 0 saturated carbocycles. The Balaban J connectivity index is 2.25. The third-order valence-electron chi connectivity index (χ3n) is 3.31. The van der Waals surface area contributed by atoms with Gasteiger partial charge < -0.3 is 10.5 Å². The van der Waals surface area contributed by atoms with Gasteiger partial charge in [-0.1, -0.05) is 24.3 Å². The topological polar surface area (TPSA) is 52.3 Å². The predicted octanol–water partition coefficient (Wildman–Crippen LogP) is 2.99. The zero-order valence-corrected chi connectivity index (χ0v) is 12.1. The van der Waals surface area contributed by atoms with Gasteiger partial charge in [-0.05, 0) is 42.3 Å². The van der Waals surface area contributed by atoms with Crippen molar-refractivity contribution in [2.24, 2.45) is 5.73 Å². The zero-order valence-electron chi connectivity index (χ0n) is 12.1. The Bertz CT molecular complexity index is 579. The summed E-state index contributed by atoms with van der Waals surface area (Å²) in [5.74, 6) is -1.54. The highest BCUT2D eigenvalue weighted by atomic mass is 19.1. The SMILES string of the molecule is CC(N)C(=O)OCC(c1ccc(F)cc1)c1ccc(F)cc1. The molecule has 0 aromatic heterocycles. The fourth-order valence-corrected chi connectivity index (χ4v) is 2.07. The number of nitrogens with two attached hydrogens (primary N) is 1. The molecule has 0 aliphatic carbocycles. The second kappa shape index (κ2) is 7.13. The summed E-state index contributed by atoms with van der Waals surface area (Å²) in [7, 11) is 0. The third-order valence-corrected chi connectivity index (χ3v) is 3.31. The molecule has 0 fully saturated rings. The van der Waals surface area contributed by atoms with Crippen molar-refractivity contribution in [1.82, 2.24) is 0 Å². The van der Waals surface area contributed by atoms with Gasteiger partial charge in [0.05, 0.1) is 0 Å². The molecular weight excluding hydrogens is 288 g/mol. The number of rotatable bonds is 5. The summed E-state index contributed by atoms with van der Waals surface area (Å²) in [5, 5.41) is 0. The lowest BCUT2D eigenvalue weighted by Gasteiger charge is -2.19. The molecule has 0 amide bonds. The van der Waals surface area contributed by atoms with E-state index in [1.165, 1.54) is 31.2 Å². The Morgan fingerprint density at radius 3 is 1.77 bits per heavy atom. The van der Waals surface area contributed by atoms with Crippen molar-refractivity contribution in [2.75, 3.05) is 6.61 Å². The van der Waals surface area contributed by atoms with Gasteiger partial charge in [0.2, 0.25) is 0 Å². The van der Waals surface area contributed by atoms with Crippen molar-refractivity contribution in [3.63, 3.8) is 0 Å². The first-order valence-corrected chi connectivity index (χ1v) is 6.90. The van der Waals surface area contributed by atoms with Crippen LogP contribution in [0, 0.1) is 11.6 Å². The summed E-state index contributed by atoms with van der Waals surface area (Å²) in [5.41, 5.74) is 7.00. The molecule has 0 bridgehead atoms. The molecule has 0 aliphatic rings. The van der Waals surface area contributed by atoms with Crippen LogP contribution in [0.5, 0.6) is 0 Å². The predicted molar refractivity (Wildman–Crippen MR) is 79.3 cm³/mol. The summed E-state index contributed by atoms with van der Waals surface area (Å²) in [6.07, 6.45) is 0. The molecule has 0 spiro atoms. The van der Waals surface area contributed by atoms with Crippen LogP contribution in [-0.2, 0) is 9.53 Å². The molecular formula is C17H17F2NO2. The van der Waals surface area contributed by atoms with Gasteiger partial charge in [0.25, 0.3) is 0 Å². The van der Waals surface area contributed by atoms with E-state index < -0.39 is 12.0 Å². The van der Waals surface area contributed by atoms with Gasteiger partial charge in [-0.15, -0.1) is 0 Å². The lowest BCUT2D eigenvalue weighted by molar-refractivity contribution is -0.145. The van der Waals surface area contributed by atoms with E-state index in [1.807, 2.05) is 0 Å². The molecule has 2 aromatic rings. The molecule has 3 nitrogen and oxygen atoms in total. The Kier molecular flexibility index (Phi) is 5.22. The van der Waals surface area contributed by atoms with E-state index in [0.717, 1.165) is 11.1 Å². The van der Waals surface area contributed by atoms with E-state index in [-0.39, 0.29) is 24.2 Å². The van der Waals surface area contributed by atoms with Crippen molar-refractivity contribution in [3.05, 3.63) is 71.3 Å². The van der Waals surface area contributed by atoms with Crippen LogP contribution in [0.3, 0.4) is 0 Å². The smallest absolute Gasteiger partial charge is 0.322 e. The van der Waals surface area contributed by atoms with Crippen LogP contribution in [0.4, 0.5) is 8.78 Å². The fraction of sp³-hybridized carbons (Fsp3) is 0.235. The summed E-state index contributed by atoms with van der Waals surface area (Å²) < 4.78 is 31.3. The molecule has 22 heavy (non-hydrogen) atoms. The summed E-state index contributed by atoms with van der Waals surface area (Å²) in [4.78, 5) is 11.6. The van der Waals surface area contributed by atoms with Crippen LogP contribution in [0.2, 0.25) is 0 Å². The number of carbonyl (C=O) groups excluding carboxylic acids is 1. The van der Waals surface area contributed by atoms with Gasteiger partial charge in [-0.25, -0.2) is 8.78 Å².